The lowest BCUT2D eigenvalue weighted by Gasteiger charge is -2.35. The molecule has 1 heterocycles. The molecule has 4 atom stereocenters. The molecule has 1 saturated heterocycles. The van der Waals surface area contributed by atoms with E-state index < -0.39 is 30.4 Å². The molecule has 0 bridgehead atoms. The number of benzene rings is 1. The summed E-state index contributed by atoms with van der Waals surface area (Å²) >= 11 is 0. The number of carbonyl (C=O) groups is 1. The lowest BCUT2D eigenvalue weighted by Crippen LogP contribution is -2.62. The first kappa shape index (κ1) is 17.8. The fourth-order valence-corrected chi connectivity index (χ4v) is 2.83. The van der Waals surface area contributed by atoms with Crippen molar-refractivity contribution in [1.29, 1.82) is 0 Å². The Morgan fingerprint density at radius 1 is 1.30 bits per heavy atom. The van der Waals surface area contributed by atoms with Gasteiger partial charge in [-0.1, -0.05) is 30.3 Å². The zero-order chi connectivity index (χ0) is 16.8. The molecule has 2 N–H and O–H groups in total. The molecule has 0 spiro atoms. The van der Waals surface area contributed by atoms with Crippen LogP contribution in [0.25, 0.3) is 0 Å². The summed E-state index contributed by atoms with van der Waals surface area (Å²) in [6.45, 7) is 2.64. The number of nitrogens with one attached hydrogen (secondary N) is 1. The van der Waals surface area contributed by atoms with Crippen molar-refractivity contribution >= 4 is 5.91 Å². The smallest absolute Gasteiger partial charge is 0.242 e. The normalized spacial score (nSPS) is 27.7. The van der Waals surface area contributed by atoms with E-state index in [0.717, 1.165) is 12.8 Å². The molecule has 1 aliphatic rings. The van der Waals surface area contributed by atoms with Crippen molar-refractivity contribution in [1.82, 2.24) is 10.2 Å². The number of alkyl halides is 2. The molecule has 23 heavy (non-hydrogen) atoms. The second kappa shape index (κ2) is 8.36. The molecular formula is C17H24F2N2O2. The molecule has 1 aromatic rings. The number of nitrogens with zero attached hydrogens (tertiary/aromatic N) is 1. The summed E-state index contributed by atoms with van der Waals surface area (Å²) in [5, 5.41) is 11.9. The molecule has 1 aromatic carbocycles. The maximum Gasteiger partial charge on any atom is 0.242 e. The van der Waals surface area contributed by atoms with Crippen LogP contribution < -0.4 is 5.32 Å². The first-order chi connectivity index (χ1) is 11.0. The second-order valence-electron chi connectivity index (χ2n) is 5.85. The van der Waals surface area contributed by atoms with Crippen molar-refractivity contribution in [3.05, 3.63) is 35.9 Å². The molecule has 6 heteroatoms. The molecule has 0 aliphatic carbocycles. The Morgan fingerprint density at radius 3 is 2.65 bits per heavy atom. The summed E-state index contributed by atoms with van der Waals surface area (Å²) in [6.07, 6.45) is -3.86. The van der Waals surface area contributed by atoms with Crippen LogP contribution in [0.15, 0.2) is 30.3 Å². The lowest BCUT2D eigenvalue weighted by molar-refractivity contribution is -0.139. The third kappa shape index (κ3) is 4.48. The van der Waals surface area contributed by atoms with E-state index in [1.807, 2.05) is 37.3 Å². The minimum atomic E-state index is -2.02. The van der Waals surface area contributed by atoms with Gasteiger partial charge < -0.3 is 15.3 Å². The van der Waals surface area contributed by atoms with E-state index in [1.54, 1.807) is 0 Å². The van der Waals surface area contributed by atoms with Crippen LogP contribution in [0.5, 0.6) is 0 Å². The average Bonchev–Trinajstić information content (AvgIpc) is 2.57. The van der Waals surface area contributed by atoms with Crippen LogP contribution in [0.3, 0.4) is 0 Å². The number of aliphatic hydroxyl groups is 1. The van der Waals surface area contributed by atoms with Gasteiger partial charge in [-0.3, -0.25) is 4.79 Å². The largest absolute Gasteiger partial charge is 0.389 e. The van der Waals surface area contributed by atoms with E-state index in [4.69, 9.17) is 0 Å². The Labute approximate surface area is 135 Å². The third-order valence-electron chi connectivity index (χ3n) is 4.23. The maximum absolute atomic E-state index is 14.0. The van der Waals surface area contributed by atoms with Crippen molar-refractivity contribution in [2.24, 2.45) is 0 Å². The number of hydrogen-bond acceptors (Lipinski definition) is 3. The topological polar surface area (TPSA) is 52.6 Å². The van der Waals surface area contributed by atoms with Gasteiger partial charge in [0.25, 0.3) is 0 Å². The number of carbonyl (C=O) groups excluding carboxylic acids is 1. The predicted molar refractivity (Wildman–Crippen MR) is 84.6 cm³/mol. The lowest BCUT2D eigenvalue weighted by atomic mass is 9.97. The summed E-state index contributed by atoms with van der Waals surface area (Å²) in [4.78, 5) is 13.9. The molecule has 0 radical (unpaired) electrons. The summed E-state index contributed by atoms with van der Waals surface area (Å²) in [5.74, 6) is -0.442. The highest BCUT2D eigenvalue weighted by Crippen LogP contribution is 2.19. The van der Waals surface area contributed by atoms with Crippen LogP contribution >= 0.6 is 0 Å². The Morgan fingerprint density at radius 2 is 2.00 bits per heavy atom. The minimum absolute atomic E-state index is 0.112. The third-order valence-corrected chi connectivity index (χ3v) is 4.23. The number of rotatable bonds is 6. The molecule has 128 valence electrons. The number of hydrogen-bond donors (Lipinski definition) is 2. The van der Waals surface area contributed by atoms with E-state index in [1.165, 1.54) is 10.5 Å². The van der Waals surface area contributed by atoms with Crippen LogP contribution in [0.1, 0.15) is 18.9 Å². The number of amides is 1. The Bertz CT molecular complexity index is 501. The molecule has 1 aliphatic heterocycles. The zero-order valence-corrected chi connectivity index (χ0v) is 13.3. The number of halogens is 2. The number of likely N-dealkylation sites (N-methyl/N-ethyl adjacent to an activating group) is 1. The van der Waals surface area contributed by atoms with Crippen LogP contribution in [-0.2, 0) is 11.2 Å². The van der Waals surface area contributed by atoms with Gasteiger partial charge in [0.1, 0.15) is 12.1 Å². The zero-order valence-electron chi connectivity index (χ0n) is 13.3. The fraction of sp³-hybridized carbons (Fsp3) is 0.588. The molecule has 1 fully saturated rings. The van der Waals surface area contributed by atoms with Gasteiger partial charge in [-0.15, -0.1) is 0 Å². The van der Waals surface area contributed by atoms with Gasteiger partial charge in [-0.05, 0) is 25.3 Å². The monoisotopic (exact) mass is 326 g/mol. The summed E-state index contributed by atoms with van der Waals surface area (Å²) < 4.78 is 27.6. The second-order valence-corrected chi connectivity index (χ2v) is 5.85. The molecular weight excluding hydrogens is 302 g/mol. The van der Waals surface area contributed by atoms with E-state index in [2.05, 4.69) is 5.32 Å². The van der Waals surface area contributed by atoms with Gasteiger partial charge in [-0.2, -0.15) is 0 Å². The van der Waals surface area contributed by atoms with Crippen LogP contribution in [0, 0.1) is 0 Å². The number of aliphatic hydroxyl groups excluding tert-OH is 1. The first-order valence-electron chi connectivity index (χ1n) is 8.07. The Kier molecular flexibility index (Phi) is 6.47. The molecule has 2 rings (SSSR count). The standard InChI is InChI=1S/C17H24F2N2O2/c1-2-21(10-6-9-12-7-4-3-5-8-12)17(23)16-15(19)14(18)13(22)11-20-16/h3-5,7-8,13-16,20,22H,2,6,9-11H2,1H3/t13-,14+,15+,16+/m1/s1. The van der Waals surface area contributed by atoms with Gasteiger partial charge >= 0.3 is 0 Å². The molecule has 0 aromatic heterocycles. The molecule has 1 amide bonds. The summed E-state index contributed by atoms with van der Waals surface area (Å²) in [5.41, 5.74) is 1.18. The quantitative estimate of drug-likeness (QED) is 0.832. The van der Waals surface area contributed by atoms with E-state index >= 15 is 0 Å². The maximum atomic E-state index is 14.0. The molecule has 0 saturated carbocycles. The van der Waals surface area contributed by atoms with Crippen molar-refractivity contribution in [3.63, 3.8) is 0 Å². The van der Waals surface area contributed by atoms with Gasteiger partial charge in [0.2, 0.25) is 5.91 Å². The highest BCUT2D eigenvalue weighted by molar-refractivity contribution is 5.83. The molecule has 0 unspecified atom stereocenters. The van der Waals surface area contributed by atoms with Crippen LogP contribution in [0.2, 0.25) is 0 Å². The van der Waals surface area contributed by atoms with Crippen molar-refractivity contribution in [3.8, 4) is 0 Å². The fourth-order valence-electron chi connectivity index (χ4n) is 2.83. The van der Waals surface area contributed by atoms with E-state index in [9.17, 15) is 18.7 Å². The summed E-state index contributed by atoms with van der Waals surface area (Å²) in [7, 11) is 0. The van der Waals surface area contributed by atoms with Crippen molar-refractivity contribution in [2.75, 3.05) is 19.6 Å². The number of aryl methyl sites for hydroxylation is 1. The molecule has 4 nitrogen and oxygen atoms in total. The Hall–Kier alpha value is -1.53. The SMILES string of the molecule is CCN(CCCc1ccccc1)C(=O)[C@H]1NC[C@@H](O)[C@H](F)[C@@H]1F. The van der Waals surface area contributed by atoms with Gasteiger partial charge in [-0.25, -0.2) is 8.78 Å². The minimum Gasteiger partial charge on any atom is -0.389 e. The average molecular weight is 326 g/mol. The predicted octanol–water partition coefficient (Wildman–Crippen LogP) is 1.48. The van der Waals surface area contributed by atoms with Gasteiger partial charge in [0.05, 0.1) is 0 Å². The van der Waals surface area contributed by atoms with Crippen molar-refractivity contribution in [2.45, 2.75) is 44.3 Å². The highest BCUT2D eigenvalue weighted by Gasteiger charge is 2.43. The Balaban J connectivity index is 1.88. The van der Waals surface area contributed by atoms with E-state index in [-0.39, 0.29) is 6.54 Å². The highest BCUT2D eigenvalue weighted by atomic mass is 19.2. The van der Waals surface area contributed by atoms with Crippen LogP contribution in [0.4, 0.5) is 8.78 Å². The number of piperidine rings is 1. The first-order valence-corrected chi connectivity index (χ1v) is 8.07. The van der Waals surface area contributed by atoms with Gasteiger partial charge in [0.15, 0.2) is 12.3 Å². The summed E-state index contributed by atoms with van der Waals surface area (Å²) in [6, 6.07) is 8.70. The number of β-amino-alcohol motifs (C(OH)–C–C–N with tert-alkyl or cyclic N) is 1. The van der Waals surface area contributed by atoms with Crippen LogP contribution in [-0.4, -0.2) is 60.0 Å². The van der Waals surface area contributed by atoms with Gasteiger partial charge in [0, 0.05) is 19.6 Å². The van der Waals surface area contributed by atoms with E-state index in [0.29, 0.717) is 13.1 Å². The van der Waals surface area contributed by atoms with Crippen molar-refractivity contribution < 1.29 is 18.7 Å².